The van der Waals surface area contributed by atoms with Crippen LogP contribution >= 0.6 is 0 Å². The van der Waals surface area contributed by atoms with Crippen LogP contribution in [0.25, 0.3) is 0 Å². The van der Waals surface area contributed by atoms with Crippen molar-refractivity contribution in [3.63, 3.8) is 0 Å². The fourth-order valence-corrected chi connectivity index (χ4v) is 3.37. The molecule has 1 fully saturated rings. The molecule has 148 valence electrons. The molecule has 1 aliphatic rings. The van der Waals surface area contributed by atoms with Gasteiger partial charge >= 0.3 is 6.03 Å². The molecule has 1 saturated heterocycles. The molecule has 2 aromatic carbocycles. The molecule has 0 radical (unpaired) electrons. The SMILES string of the molecule is CC1CCN(Cc2cccc(CNC(=O)Nc3cccc([N+](=O)[O-])c3)c2)CC1. The number of nitrogens with zero attached hydrogens (tertiary/aromatic N) is 2. The third-order valence-corrected chi connectivity index (χ3v) is 5.04. The fraction of sp³-hybridized carbons (Fsp3) is 0.381. The van der Waals surface area contributed by atoms with Gasteiger partial charge in [0.2, 0.25) is 0 Å². The minimum absolute atomic E-state index is 0.0578. The van der Waals surface area contributed by atoms with Crippen molar-refractivity contribution in [1.82, 2.24) is 10.2 Å². The summed E-state index contributed by atoms with van der Waals surface area (Å²) in [6, 6.07) is 13.7. The van der Waals surface area contributed by atoms with Crippen LogP contribution < -0.4 is 10.6 Å². The van der Waals surface area contributed by atoms with E-state index >= 15 is 0 Å². The number of piperidine rings is 1. The minimum atomic E-state index is -0.489. The molecule has 0 aromatic heterocycles. The van der Waals surface area contributed by atoms with Gasteiger partial charge in [0.05, 0.1) is 4.92 Å². The molecular weight excluding hydrogens is 356 g/mol. The van der Waals surface area contributed by atoms with E-state index in [0.717, 1.165) is 31.1 Å². The van der Waals surface area contributed by atoms with Crippen molar-refractivity contribution in [2.24, 2.45) is 5.92 Å². The number of hydrogen-bond acceptors (Lipinski definition) is 4. The van der Waals surface area contributed by atoms with Crippen LogP contribution in [0.3, 0.4) is 0 Å². The summed E-state index contributed by atoms with van der Waals surface area (Å²) >= 11 is 0. The Labute approximate surface area is 164 Å². The first-order chi connectivity index (χ1) is 13.5. The van der Waals surface area contributed by atoms with Crippen LogP contribution in [0.15, 0.2) is 48.5 Å². The van der Waals surface area contributed by atoms with Crippen LogP contribution in [0, 0.1) is 16.0 Å². The maximum absolute atomic E-state index is 12.1. The van der Waals surface area contributed by atoms with E-state index in [1.165, 1.54) is 30.5 Å². The van der Waals surface area contributed by atoms with E-state index in [1.807, 2.05) is 12.1 Å². The van der Waals surface area contributed by atoms with E-state index in [9.17, 15) is 14.9 Å². The Morgan fingerprint density at radius 1 is 1.14 bits per heavy atom. The Kier molecular flexibility index (Phi) is 6.60. The van der Waals surface area contributed by atoms with Gasteiger partial charge in [-0.2, -0.15) is 0 Å². The summed E-state index contributed by atoms with van der Waals surface area (Å²) in [5.41, 5.74) is 2.60. The molecule has 0 spiro atoms. The number of hydrogen-bond donors (Lipinski definition) is 2. The largest absolute Gasteiger partial charge is 0.334 e. The topological polar surface area (TPSA) is 87.5 Å². The Morgan fingerprint density at radius 3 is 2.61 bits per heavy atom. The lowest BCUT2D eigenvalue weighted by Gasteiger charge is -2.30. The van der Waals surface area contributed by atoms with E-state index in [4.69, 9.17) is 0 Å². The summed E-state index contributed by atoms with van der Waals surface area (Å²) in [5, 5.41) is 16.2. The van der Waals surface area contributed by atoms with Crippen molar-refractivity contribution in [2.45, 2.75) is 32.9 Å². The predicted octanol–water partition coefficient (Wildman–Crippen LogP) is 4.15. The number of likely N-dealkylation sites (tertiary alicyclic amines) is 1. The number of amides is 2. The summed E-state index contributed by atoms with van der Waals surface area (Å²) in [5.74, 6) is 0.816. The quantitative estimate of drug-likeness (QED) is 0.580. The molecule has 2 aromatic rings. The van der Waals surface area contributed by atoms with Crippen LogP contribution in [-0.4, -0.2) is 28.9 Å². The molecule has 7 heteroatoms. The summed E-state index contributed by atoms with van der Waals surface area (Å²) in [6.45, 7) is 5.90. The fourth-order valence-electron chi connectivity index (χ4n) is 3.37. The smallest absolute Gasteiger partial charge is 0.319 e. The molecule has 28 heavy (non-hydrogen) atoms. The van der Waals surface area contributed by atoms with Gasteiger partial charge in [0, 0.05) is 30.9 Å². The Balaban J connectivity index is 1.51. The molecule has 2 N–H and O–H groups in total. The van der Waals surface area contributed by atoms with Crippen LogP contribution in [0.5, 0.6) is 0 Å². The highest BCUT2D eigenvalue weighted by molar-refractivity contribution is 5.89. The first-order valence-corrected chi connectivity index (χ1v) is 9.59. The Hall–Kier alpha value is -2.93. The average molecular weight is 382 g/mol. The van der Waals surface area contributed by atoms with Gasteiger partial charge in [0.15, 0.2) is 0 Å². The van der Waals surface area contributed by atoms with Gasteiger partial charge in [0.25, 0.3) is 5.69 Å². The second-order valence-corrected chi connectivity index (χ2v) is 7.39. The zero-order chi connectivity index (χ0) is 19.9. The van der Waals surface area contributed by atoms with E-state index in [1.54, 1.807) is 12.1 Å². The minimum Gasteiger partial charge on any atom is -0.334 e. The maximum Gasteiger partial charge on any atom is 0.319 e. The number of non-ortho nitro benzene ring substituents is 1. The first kappa shape index (κ1) is 19.8. The third kappa shape index (κ3) is 5.79. The second-order valence-electron chi connectivity index (χ2n) is 7.39. The van der Waals surface area contributed by atoms with Gasteiger partial charge in [-0.05, 0) is 49.0 Å². The first-order valence-electron chi connectivity index (χ1n) is 9.59. The average Bonchev–Trinajstić information content (AvgIpc) is 2.69. The molecule has 0 atom stereocenters. The molecule has 3 rings (SSSR count). The van der Waals surface area contributed by atoms with Gasteiger partial charge in [-0.25, -0.2) is 4.79 Å². The number of carbonyl (C=O) groups is 1. The lowest BCUT2D eigenvalue weighted by Crippen LogP contribution is -2.32. The highest BCUT2D eigenvalue weighted by atomic mass is 16.6. The standard InChI is InChI=1S/C21H26N4O3/c1-16-8-10-24(11-9-16)15-18-5-2-4-17(12-18)14-22-21(26)23-19-6-3-7-20(13-19)25(27)28/h2-7,12-13,16H,8-11,14-15H2,1H3,(H2,22,23,26). The zero-order valence-corrected chi connectivity index (χ0v) is 16.1. The van der Waals surface area contributed by atoms with E-state index in [-0.39, 0.29) is 5.69 Å². The molecule has 1 aliphatic heterocycles. The number of nitro benzene ring substituents is 1. The van der Waals surface area contributed by atoms with E-state index < -0.39 is 11.0 Å². The molecule has 7 nitrogen and oxygen atoms in total. The van der Waals surface area contributed by atoms with Crippen molar-refractivity contribution in [3.8, 4) is 0 Å². The zero-order valence-electron chi connectivity index (χ0n) is 16.1. The van der Waals surface area contributed by atoms with Gasteiger partial charge in [-0.3, -0.25) is 15.0 Å². The third-order valence-electron chi connectivity index (χ3n) is 5.04. The summed E-state index contributed by atoms with van der Waals surface area (Å²) in [4.78, 5) is 24.9. The van der Waals surface area contributed by atoms with Gasteiger partial charge < -0.3 is 10.6 Å². The lowest BCUT2D eigenvalue weighted by atomic mass is 9.98. The van der Waals surface area contributed by atoms with E-state index in [0.29, 0.717) is 12.2 Å². The summed E-state index contributed by atoms with van der Waals surface area (Å²) in [6.07, 6.45) is 2.50. The van der Waals surface area contributed by atoms with Gasteiger partial charge in [-0.15, -0.1) is 0 Å². The summed E-state index contributed by atoms with van der Waals surface area (Å²) < 4.78 is 0. The van der Waals surface area contributed by atoms with Crippen molar-refractivity contribution < 1.29 is 9.72 Å². The highest BCUT2D eigenvalue weighted by Crippen LogP contribution is 2.19. The number of rotatable bonds is 6. The van der Waals surface area contributed by atoms with Gasteiger partial charge in [0.1, 0.15) is 0 Å². The number of benzene rings is 2. The van der Waals surface area contributed by atoms with Crippen LogP contribution in [0.2, 0.25) is 0 Å². The van der Waals surface area contributed by atoms with E-state index in [2.05, 4.69) is 34.6 Å². The molecule has 2 amide bonds. The predicted molar refractivity (Wildman–Crippen MR) is 109 cm³/mol. The number of nitro groups is 1. The number of urea groups is 1. The normalized spacial score (nSPS) is 15.2. The molecule has 0 unspecified atom stereocenters. The van der Waals surface area contributed by atoms with Crippen molar-refractivity contribution in [2.75, 3.05) is 18.4 Å². The Morgan fingerprint density at radius 2 is 1.86 bits per heavy atom. The maximum atomic E-state index is 12.1. The number of carbonyl (C=O) groups excluding carboxylic acids is 1. The summed E-state index contributed by atoms with van der Waals surface area (Å²) in [7, 11) is 0. The van der Waals surface area contributed by atoms with Crippen molar-refractivity contribution in [3.05, 3.63) is 69.8 Å². The molecular formula is C21H26N4O3. The number of nitrogens with one attached hydrogen (secondary N) is 2. The van der Waals surface area contributed by atoms with Crippen LogP contribution in [0.4, 0.5) is 16.2 Å². The van der Waals surface area contributed by atoms with Gasteiger partial charge in [-0.1, -0.05) is 37.3 Å². The Bertz CT molecular complexity index is 832. The molecule has 0 aliphatic carbocycles. The van der Waals surface area contributed by atoms with Crippen LogP contribution in [-0.2, 0) is 13.1 Å². The highest BCUT2D eigenvalue weighted by Gasteiger charge is 2.15. The molecule has 0 bridgehead atoms. The molecule has 1 heterocycles. The van der Waals surface area contributed by atoms with Crippen molar-refractivity contribution >= 4 is 17.4 Å². The number of anilines is 1. The molecule has 0 saturated carbocycles. The lowest BCUT2D eigenvalue weighted by molar-refractivity contribution is -0.384. The van der Waals surface area contributed by atoms with Crippen LogP contribution in [0.1, 0.15) is 30.9 Å². The monoisotopic (exact) mass is 382 g/mol. The second kappa shape index (κ2) is 9.32. The van der Waals surface area contributed by atoms with Crippen molar-refractivity contribution in [1.29, 1.82) is 0 Å².